The quantitative estimate of drug-likeness (QED) is 0.598. The van der Waals surface area contributed by atoms with Crippen LogP contribution >= 0.6 is 23.2 Å². The van der Waals surface area contributed by atoms with Crippen molar-refractivity contribution in [3.05, 3.63) is 51.4 Å². The summed E-state index contributed by atoms with van der Waals surface area (Å²) in [4.78, 5) is 40.0. The van der Waals surface area contributed by atoms with Crippen molar-refractivity contribution in [1.82, 2.24) is 24.7 Å². The highest BCUT2D eigenvalue weighted by molar-refractivity contribution is 6.42. The van der Waals surface area contributed by atoms with Crippen molar-refractivity contribution in [2.24, 2.45) is 0 Å². The van der Waals surface area contributed by atoms with E-state index >= 15 is 0 Å². The van der Waals surface area contributed by atoms with Crippen LogP contribution in [-0.4, -0.2) is 81.8 Å². The van der Waals surface area contributed by atoms with E-state index in [1.54, 1.807) is 13.0 Å². The number of carbonyl (C=O) groups excluding carboxylic acids is 2. The molecule has 2 amide bonds. The third-order valence-electron chi connectivity index (χ3n) is 7.54. The topological polar surface area (TPSA) is 81.7 Å². The zero-order valence-electron chi connectivity index (χ0n) is 21.1. The van der Waals surface area contributed by atoms with Crippen LogP contribution in [0.2, 0.25) is 10.0 Å². The number of amides is 2. The molecule has 2 aliphatic rings. The lowest BCUT2D eigenvalue weighted by molar-refractivity contribution is -0.130. The monoisotopic (exact) mass is 532 g/mol. The van der Waals surface area contributed by atoms with Gasteiger partial charge in [0.25, 0.3) is 5.91 Å². The van der Waals surface area contributed by atoms with Crippen LogP contribution in [0.25, 0.3) is 0 Å². The average Bonchev–Trinajstić information content (AvgIpc) is 2.89. The van der Waals surface area contributed by atoms with Gasteiger partial charge in [-0.2, -0.15) is 0 Å². The first-order chi connectivity index (χ1) is 17.2. The van der Waals surface area contributed by atoms with Crippen molar-refractivity contribution in [2.75, 3.05) is 38.5 Å². The zero-order valence-corrected chi connectivity index (χ0v) is 22.6. The highest BCUT2D eigenvalue weighted by Crippen LogP contribution is 2.26. The predicted octanol–water partition coefficient (Wildman–Crippen LogP) is 4.25. The number of hydrogen-bond donors (Lipinski definition) is 1. The summed E-state index contributed by atoms with van der Waals surface area (Å²) in [5.41, 5.74) is 2.14. The molecule has 1 N–H and O–H groups in total. The normalized spacial score (nSPS) is 17.8. The Morgan fingerprint density at radius 3 is 2.39 bits per heavy atom. The van der Waals surface area contributed by atoms with Crippen molar-refractivity contribution in [3.8, 4) is 0 Å². The summed E-state index contributed by atoms with van der Waals surface area (Å²) in [6, 6.07) is 6.29. The maximum Gasteiger partial charge on any atom is 0.272 e. The van der Waals surface area contributed by atoms with Gasteiger partial charge in [0.05, 0.1) is 10.0 Å². The Bertz CT molecular complexity index is 1100. The summed E-state index contributed by atoms with van der Waals surface area (Å²) in [7, 11) is 1.90. The van der Waals surface area contributed by atoms with Crippen molar-refractivity contribution >= 4 is 40.8 Å². The summed E-state index contributed by atoms with van der Waals surface area (Å²) in [5.74, 6) is 0.716. The van der Waals surface area contributed by atoms with E-state index in [4.69, 9.17) is 23.2 Å². The molecule has 194 valence electrons. The molecule has 0 bridgehead atoms. The summed E-state index contributed by atoms with van der Waals surface area (Å²) in [6.45, 7) is 7.44. The molecule has 2 fully saturated rings. The second-order valence-electron chi connectivity index (χ2n) is 9.72. The fourth-order valence-corrected chi connectivity index (χ4v) is 5.48. The number of nitrogens with one attached hydrogen (secondary N) is 1. The Morgan fingerprint density at radius 1 is 1.06 bits per heavy atom. The fraction of sp³-hybridized carbons (Fsp3) is 0.538. The van der Waals surface area contributed by atoms with Crippen molar-refractivity contribution in [2.45, 2.75) is 58.2 Å². The Hall–Kier alpha value is -2.42. The number of aromatic nitrogens is 2. The molecule has 2 aromatic rings. The molecule has 8 nitrogen and oxygen atoms in total. The highest BCUT2D eigenvalue weighted by atomic mass is 35.5. The third kappa shape index (κ3) is 6.10. The van der Waals surface area contributed by atoms with Gasteiger partial charge in [0.15, 0.2) is 0 Å². The van der Waals surface area contributed by atoms with Crippen LogP contribution in [0.15, 0.2) is 24.5 Å². The molecule has 0 aliphatic carbocycles. The van der Waals surface area contributed by atoms with Crippen LogP contribution in [-0.2, 0) is 11.3 Å². The number of piperidine rings is 2. The Balaban J connectivity index is 1.31. The number of benzene rings is 1. The lowest BCUT2D eigenvalue weighted by Crippen LogP contribution is -2.52. The van der Waals surface area contributed by atoms with Gasteiger partial charge in [-0.15, -0.1) is 0 Å². The fourth-order valence-electron chi connectivity index (χ4n) is 5.16. The van der Waals surface area contributed by atoms with Crippen molar-refractivity contribution in [1.29, 1.82) is 0 Å². The van der Waals surface area contributed by atoms with Gasteiger partial charge in [-0.25, -0.2) is 9.97 Å². The van der Waals surface area contributed by atoms with E-state index in [1.165, 1.54) is 6.33 Å². The van der Waals surface area contributed by atoms with Crippen LogP contribution in [0.4, 0.5) is 5.82 Å². The summed E-state index contributed by atoms with van der Waals surface area (Å²) < 4.78 is 0. The molecule has 0 saturated carbocycles. The molecule has 0 radical (unpaired) electrons. The largest absolute Gasteiger partial charge is 0.366 e. The van der Waals surface area contributed by atoms with Gasteiger partial charge in [-0.1, -0.05) is 29.3 Å². The third-order valence-corrected chi connectivity index (χ3v) is 8.28. The molecule has 2 saturated heterocycles. The van der Waals surface area contributed by atoms with Crippen LogP contribution in [0.1, 0.15) is 54.2 Å². The average molecular weight is 534 g/mol. The van der Waals surface area contributed by atoms with Gasteiger partial charge in [-0.3, -0.25) is 9.59 Å². The zero-order chi connectivity index (χ0) is 25.8. The number of carbonyl (C=O) groups is 2. The Labute approximate surface area is 223 Å². The predicted molar refractivity (Wildman–Crippen MR) is 143 cm³/mol. The van der Waals surface area contributed by atoms with Gasteiger partial charge < -0.3 is 20.0 Å². The number of rotatable bonds is 6. The van der Waals surface area contributed by atoms with Crippen LogP contribution in [0, 0.1) is 6.92 Å². The smallest absolute Gasteiger partial charge is 0.272 e. The van der Waals surface area contributed by atoms with E-state index in [2.05, 4.69) is 20.2 Å². The van der Waals surface area contributed by atoms with Crippen LogP contribution in [0.5, 0.6) is 0 Å². The van der Waals surface area contributed by atoms with E-state index in [1.807, 2.05) is 35.9 Å². The molecule has 2 aliphatic heterocycles. The Kier molecular flexibility index (Phi) is 8.70. The highest BCUT2D eigenvalue weighted by Gasteiger charge is 2.32. The number of anilines is 1. The molecular weight excluding hydrogens is 499 g/mol. The van der Waals surface area contributed by atoms with Gasteiger partial charge >= 0.3 is 0 Å². The number of halogens is 2. The first kappa shape index (κ1) is 26.6. The molecule has 36 heavy (non-hydrogen) atoms. The minimum Gasteiger partial charge on any atom is -0.366 e. The number of nitrogens with zero attached hydrogens (tertiary/aromatic N) is 5. The van der Waals surface area contributed by atoms with E-state index in [0.29, 0.717) is 53.3 Å². The molecule has 0 atom stereocenters. The molecule has 1 aromatic heterocycles. The SMILES string of the molecule is CC(=O)N(C)C1CCN(C2CCN(C(=O)c3ncnc(NCc4ccc(Cl)c(Cl)c4)c3C)CC2)CC1. The summed E-state index contributed by atoms with van der Waals surface area (Å²) >= 11 is 12.1. The van der Waals surface area contributed by atoms with E-state index in [-0.39, 0.29) is 11.8 Å². The van der Waals surface area contributed by atoms with Crippen LogP contribution in [0.3, 0.4) is 0 Å². The Morgan fingerprint density at radius 2 is 1.75 bits per heavy atom. The van der Waals surface area contributed by atoms with Crippen LogP contribution < -0.4 is 5.32 Å². The van der Waals surface area contributed by atoms with Gasteiger partial charge in [0.1, 0.15) is 17.8 Å². The first-order valence-electron chi connectivity index (χ1n) is 12.5. The molecule has 4 rings (SSSR count). The van der Waals surface area contributed by atoms with E-state index < -0.39 is 0 Å². The first-order valence-corrected chi connectivity index (χ1v) is 13.3. The lowest BCUT2D eigenvalue weighted by Gasteiger charge is -2.43. The molecule has 1 aromatic carbocycles. The summed E-state index contributed by atoms with van der Waals surface area (Å²) in [6.07, 6.45) is 5.35. The van der Waals surface area contributed by atoms with Crippen molar-refractivity contribution in [3.63, 3.8) is 0 Å². The maximum absolute atomic E-state index is 13.3. The second-order valence-corrected chi connectivity index (χ2v) is 10.5. The minimum atomic E-state index is -0.0484. The van der Waals surface area contributed by atoms with Gasteiger partial charge in [0.2, 0.25) is 5.91 Å². The maximum atomic E-state index is 13.3. The molecule has 3 heterocycles. The molecule has 10 heteroatoms. The van der Waals surface area contributed by atoms with E-state index in [0.717, 1.165) is 49.9 Å². The lowest BCUT2D eigenvalue weighted by atomic mass is 9.97. The van der Waals surface area contributed by atoms with E-state index in [9.17, 15) is 9.59 Å². The van der Waals surface area contributed by atoms with Gasteiger partial charge in [0, 0.05) is 64.3 Å². The molecule has 0 spiro atoms. The standard InChI is InChI=1S/C26H34Cl2N6O2/c1-17-24(30-16-31-25(17)29-15-19-4-5-22(27)23(28)14-19)26(36)34-12-8-21(9-13-34)33-10-6-20(7-11-33)32(3)18(2)35/h4-5,14,16,20-21H,6-13,15H2,1-3H3,(H,29,30,31). The number of likely N-dealkylation sites (tertiary alicyclic amines) is 2. The molecule has 0 unspecified atom stereocenters. The van der Waals surface area contributed by atoms with Crippen molar-refractivity contribution < 1.29 is 9.59 Å². The molecular formula is C26H34Cl2N6O2. The minimum absolute atomic E-state index is 0.0484. The summed E-state index contributed by atoms with van der Waals surface area (Å²) in [5, 5.41) is 4.30. The van der Waals surface area contributed by atoms with Gasteiger partial charge in [-0.05, 0) is 50.3 Å². The second kappa shape index (κ2) is 11.8. The number of hydrogen-bond acceptors (Lipinski definition) is 6.